The molecule has 0 fully saturated rings. The second kappa shape index (κ2) is 6.66. The first-order valence-electron chi connectivity index (χ1n) is 6.56. The van der Waals surface area contributed by atoms with Crippen LogP contribution in [0.4, 0.5) is 5.69 Å². The van der Waals surface area contributed by atoms with Crippen LogP contribution in [-0.4, -0.2) is 17.3 Å². The number of anilines is 1. The molecule has 0 radical (unpaired) electrons. The molecule has 0 saturated carbocycles. The topological polar surface area (TPSA) is 33.2 Å². The molecule has 0 amide bonds. The standard InChI is InChI=1S/C16H17BrN2O/c1-3-19(11-13-6-8-18-9-7-13)14-4-5-15(12(2)20)16(17)10-14/h4-10H,3,11H2,1-2H3. The predicted octanol–water partition coefficient (Wildman–Crippen LogP) is 4.07. The number of ketones is 1. The van der Waals surface area contributed by atoms with Gasteiger partial charge in [0.1, 0.15) is 0 Å². The number of halogens is 1. The van der Waals surface area contributed by atoms with E-state index in [4.69, 9.17) is 0 Å². The summed E-state index contributed by atoms with van der Waals surface area (Å²) in [6.45, 7) is 5.42. The smallest absolute Gasteiger partial charge is 0.160 e. The average Bonchev–Trinajstić information content (AvgIpc) is 2.45. The molecule has 1 aromatic carbocycles. The van der Waals surface area contributed by atoms with Crippen molar-refractivity contribution in [3.05, 3.63) is 58.3 Å². The van der Waals surface area contributed by atoms with Gasteiger partial charge in [-0.25, -0.2) is 0 Å². The van der Waals surface area contributed by atoms with Crippen molar-refractivity contribution in [1.29, 1.82) is 0 Å². The first-order chi connectivity index (χ1) is 9.61. The number of rotatable bonds is 5. The molecule has 0 N–H and O–H groups in total. The summed E-state index contributed by atoms with van der Waals surface area (Å²) in [4.78, 5) is 17.7. The number of benzene rings is 1. The van der Waals surface area contributed by atoms with Gasteiger partial charge in [0.15, 0.2) is 5.78 Å². The molecular formula is C16H17BrN2O. The maximum atomic E-state index is 11.5. The molecular weight excluding hydrogens is 316 g/mol. The van der Waals surface area contributed by atoms with E-state index in [-0.39, 0.29) is 5.78 Å². The quantitative estimate of drug-likeness (QED) is 0.773. The van der Waals surface area contributed by atoms with Crippen LogP contribution in [0.25, 0.3) is 0 Å². The zero-order valence-electron chi connectivity index (χ0n) is 11.6. The minimum absolute atomic E-state index is 0.0700. The highest BCUT2D eigenvalue weighted by Gasteiger charge is 2.10. The van der Waals surface area contributed by atoms with Gasteiger partial charge in [0.2, 0.25) is 0 Å². The highest BCUT2D eigenvalue weighted by atomic mass is 79.9. The van der Waals surface area contributed by atoms with Crippen LogP contribution in [-0.2, 0) is 6.54 Å². The number of hydrogen-bond donors (Lipinski definition) is 0. The van der Waals surface area contributed by atoms with Gasteiger partial charge >= 0.3 is 0 Å². The summed E-state index contributed by atoms with van der Waals surface area (Å²) in [5.41, 5.74) is 3.03. The monoisotopic (exact) mass is 332 g/mol. The van der Waals surface area contributed by atoms with Crippen molar-refractivity contribution in [3.8, 4) is 0 Å². The number of pyridine rings is 1. The van der Waals surface area contributed by atoms with Crippen LogP contribution < -0.4 is 4.90 Å². The molecule has 0 spiro atoms. The van der Waals surface area contributed by atoms with Gasteiger partial charge in [0.25, 0.3) is 0 Å². The molecule has 0 saturated heterocycles. The highest BCUT2D eigenvalue weighted by Crippen LogP contribution is 2.25. The van der Waals surface area contributed by atoms with E-state index in [0.717, 1.165) is 23.2 Å². The van der Waals surface area contributed by atoms with Crippen molar-refractivity contribution in [2.75, 3.05) is 11.4 Å². The fourth-order valence-electron chi connectivity index (χ4n) is 2.08. The van der Waals surface area contributed by atoms with Crippen molar-refractivity contribution in [2.45, 2.75) is 20.4 Å². The molecule has 20 heavy (non-hydrogen) atoms. The minimum atomic E-state index is 0.0700. The molecule has 0 atom stereocenters. The van der Waals surface area contributed by atoms with E-state index in [1.54, 1.807) is 19.3 Å². The Kier molecular flexibility index (Phi) is 4.90. The van der Waals surface area contributed by atoms with Gasteiger partial charge in [-0.05, 0) is 65.7 Å². The Morgan fingerprint density at radius 2 is 1.95 bits per heavy atom. The van der Waals surface area contributed by atoms with Crippen molar-refractivity contribution in [1.82, 2.24) is 4.98 Å². The van der Waals surface area contributed by atoms with E-state index in [1.165, 1.54) is 5.56 Å². The summed E-state index contributed by atoms with van der Waals surface area (Å²) in [6, 6.07) is 9.90. The van der Waals surface area contributed by atoms with Crippen LogP contribution in [0.5, 0.6) is 0 Å². The molecule has 2 rings (SSSR count). The first kappa shape index (κ1) is 14.7. The van der Waals surface area contributed by atoms with E-state index < -0.39 is 0 Å². The first-order valence-corrected chi connectivity index (χ1v) is 7.35. The van der Waals surface area contributed by atoms with Gasteiger partial charge in [-0.1, -0.05) is 0 Å². The maximum Gasteiger partial charge on any atom is 0.160 e. The summed E-state index contributed by atoms with van der Waals surface area (Å²) in [6.07, 6.45) is 3.61. The second-order valence-electron chi connectivity index (χ2n) is 4.59. The van der Waals surface area contributed by atoms with Crippen LogP contribution in [0.1, 0.15) is 29.8 Å². The lowest BCUT2D eigenvalue weighted by Gasteiger charge is -2.23. The van der Waals surface area contributed by atoms with E-state index >= 15 is 0 Å². The summed E-state index contributed by atoms with van der Waals surface area (Å²) >= 11 is 3.47. The lowest BCUT2D eigenvalue weighted by atomic mass is 10.1. The van der Waals surface area contributed by atoms with Crippen LogP contribution in [0, 0.1) is 0 Å². The second-order valence-corrected chi connectivity index (χ2v) is 5.44. The Bertz CT molecular complexity index is 599. The van der Waals surface area contributed by atoms with Crippen LogP contribution in [0.15, 0.2) is 47.2 Å². The predicted molar refractivity (Wildman–Crippen MR) is 85.1 cm³/mol. The third-order valence-electron chi connectivity index (χ3n) is 3.20. The van der Waals surface area contributed by atoms with Crippen LogP contribution in [0.3, 0.4) is 0 Å². The lowest BCUT2D eigenvalue weighted by Crippen LogP contribution is -2.22. The number of aromatic nitrogens is 1. The molecule has 4 heteroatoms. The molecule has 1 aromatic heterocycles. The Balaban J connectivity index is 2.24. The third-order valence-corrected chi connectivity index (χ3v) is 3.86. The number of carbonyl (C=O) groups excluding carboxylic acids is 1. The molecule has 0 aliphatic carbocycles. The SMILES string of the molecule is CCN(Cc1ccncc1)c1ccc(C(C)=O)c(Br)c1. The molecule has 1 heterocycles. The third kappa shape index (κ3) is 3.45. The van der Waals surface area contributed by atoms with Gasteiger partial charge in [-0.3, -0.25) is 9.78 Å². The zero-order valence-corrected chi connectivity index (χ0v) is 13.2. The molecule has 104 valence electrons. The van der Waals surface area contributed by atoms with Crippen LogP contribution >= 0.6 is 15.9 Å². The van der Waals surface area contributed by atoms with Gasteiger partial charge in [0.05, 0.1) is 0 Å². The van der Waals surface area contributed by atoms with Crippen molar-refractivity contribution in [3.63, 3.8) is 0 Å². The average molecular weight is 333 g/mol. The van der Waals surface area contributed by atoms with E-state index in [0.29, 0.717) is 5.56 Å². The zero-order chi connectivity index (χ0) is 14.5. The largest absolute Gasteiger partial charge is 0.367 e. The van der Waals surface area contributed by atoms with E-state index in [2.05, 4.69) is 32.7 Å². The summed E-state index contributed by atoms with van der Waals surface area (Å²) < 4.78 is 0.843. The number of nitrogens with zero attached hydrogens (tertiary/aromatic N) is 2. The Labute approximate surface area is 127 Å². The van der Waals surface area contributed by atoms with Gasteiger partial charge in [0, 0.05) is 41.2 Å². The molecule has 0 bridgehead atoms. The minimum Gasteiger partial charge on any atom is -0.367 e. The number of hydrogen-bond acceptors (Lipinski definition) is 3. The summed E-state index contributed by atoms with van der Waals surface area (Å²) in [5, 5.41) is 0. The Morgan fingerprint density at radius 1 is 1.25 bits per heavy atom. The Hall–Kier alpha value is -1.68. The van der Waals surface area contributed by atoms with Crippen molar-refractivity contribution in [2.24, 2.45) is 0 Å². The van der Waals surface area contributed by atoms with Crippen LogP contribution in [0.2, 0.25) is 0 Å². The Morgan fingerprint density at radius 3 is 2.50 bits per heavy atom. The van der Waals surface area contributed by atoms with Gasteiger partial charge in [-0.15, -0.1) is 0 Å². The number of Topliss-reactive ketones (excluding diaryl/α,β-unsaturated/α-hetero) is 1. The highest BCUT2D eigenvalue weighted by molar-refractivity contribution is 9.10. The van der Waals surface area contributed by atoms with Crippen molar-refractivity contribution < 1.29 is 4.79 Å². The fourth-order valence-corrected chi connectivity index (χ4v) is 2.73. The molecule has 3 nitrogen and oxygen atoms in total. The summed E-state index contributed by atoms with van der Waals surface area (Å²) in [5.74, 6) is 0.0700. The lowest BCUT2D eigenvalue weighted by molar-refractivity contribution is 0.101. The van der Waals surface area contributed by atoms with E-state index in [1.807, 2.05) is 30.3 Å². The van der Waals surface area contributed by atoms with Gasteiger partial charge in [-0.2, -0.15) is 0 Å². The molecule has 0 unspecified atom stereocenters. The maximum absolute atomic E-state index is 11.5. The molecule has 0 aliphatic rings. The van der Waals surface area contributed by atoms with Crippen molar-refractivity contribution >= 4 is 27.4 Å². The fraction of sp³-hybridized carbons (Fsp3) is 0.250. The number of carbonyl (C=O) groups is 1. The molecule has 2 aromatic rings. The molecule has 0 aliphatic heterocycles. The van der Waals surface area contributed by atoms with Gasteiger partial charge < -0.3 is 4.90 Å². The normalized spacial score (nSPS) is 10.3. The van der Waals surface area contributed by atoms with E-state index in [9.17, 15) is 4.79 Å². The summed E-state index contributed by atoms with van der Waals surface area (Å²) in [7, 11) is 0.